The number of aromatic nitrogens is 3. The molecule has 2 aliphatic carbocycles. The molecule has 36 heavy (non-hydrogen) atoms. The van der Waals surface area contributed by atoms with Gasteiger partial charge in [-0.25, -0.2) is 22.5 Å². The summed E-state index contributed by atoms with van der Waals surface area (Å²) in [5, 5.41) is 2.70. The van der Waals surface area contributed by atoms with Crippen LogP contribution in [0, 0.1) is 17.6 Å². The van der Waals surface area contributed by atoms with E-state index in [1.54, 1.807) is 0 Å². The Labute approximate surface area is 205 Å². The minimum atomic E-state index is -2.75. The van der Waals surface area contributed by atoms with Crippen LogP contribution in [0.3, 0.4) is 0 Å². The van der Waals surface area contributed by atoms with Crippen LogP contribution in [0.1, 0.15) is 60.5 Å². The maximum absolute atomic E-state index is 14.7. The Balaban J connectivity index is 1.47. The number of nitrogens with zero attached hydrogens (tertiary/aromatic N) is 3. The van der Waals surface area contributed by atoms with Gasteiger partial charge in [0.05, 0.1) is 23.6 Å². The molecule has 3 aromatic rings. The molecule has 10 heteroatoms. The number of carbonyl (C=O) groups excluding carboxylic acids is 1. The maximum atomic E-state index is 14.7. The minimum absolute atomic E-state index is 0.0225. The lowest BCUT2D eigenvalue weighted by Gasteiger charge is -2.29. The molecule has 0 aliphatic heterocycles. The molecule has 0 spiro atoms. The molecule has 0 radical (unpaired) electrons. The van der Waals surface area contributed by atoms with Crippen LogP contribution >= 0.6 is 0 Å². The van der Waals surface area contributed by atoms with Gasteiger partial charge in [-0.2, -0.15) is 0 Å². The first kappa shape index (κ1) is 24.1. The predicted molar refractivity (Wildman–Crippen MR) is 124 cm³/mol. The highest BCUT2D eigenvalue weighted by Gasteiger charge is 2.37. The Bertz CT molecular complexity index is 1270. The topological polar surface area (TPSA) is 77.0 Å². The molecule has 2 aliphatic rings. The summed E-state index contributed by atoms with van der Waals surface area (Å²) in [6.07, 6.45) is 5.79. The van der Waals surface area contributed by atoms with Crippen molar-refractivity contribution < 1.29 is 27.1 Å². The van der Waals surface area contributed by atoms with Crippen LogP contribution in [-0.2, 0) is 0 Å². The molecule has 0 aromatic carbocycles. The van der Waals surface area contributed by atoms with Crippen molar-refractivity contribution in [2.45, 2.75) is 50.4 Å². The molecule has 2 saturated carbocycles. The third kappa shape index (κ3) is 5.32. The fourth-order valence-electron chi connectivity index (χ4n) is 4.34. The molecule has 0 atom stereocenters. The number of halogens is 4. The van der Waals surface area contributed by atoms with E-state index in [2.05, 4.69) is 20.3 Å². The van der Waals surface area contributed by atoms with Crippen LogP contribution in [-0.4, -0.2) is 33.4 Å². The Kier molecular flexibility index (Phi) is 6.59. The molecule has 3 aromatic heterocycles. The van der Waals surface area contributed by atoms with Crippen molar-refractivity contribution in [2.75, 3.05) is 11.9 Å². The Morgan fingerprint density at radius 2 is 1.81 bits per heavy atom. The summed E-state index contributed by atoms with van der Waals surface area (Å²) >= 11 is 0. The summed E-state index contributed by atoms with van der Waals surface area (Å²) in [7, 11) is 0. The second-order valence-electron chi connectivity index (χ2n) is 9.30. The monoisotopic (exact) mass is 500 g/mol. The summed E-state index contributed by atoms with van der Waals surface area (Å²) in [5.74, 6) is -5.01. The lowest BCUT2D eigenvalue weighted by Crippen LogP contribution is -2.25. The van der Waals surface area contributed by atoms with Crippen LogP contribution in [0.4, 0.5) is 23.2 Å². The van der Waals surface area contributed by atoms with Gasteiger partial charge >= 0.3 is 0 Å². The van der Waals surface area contributed by atoms with E-state index in [-0.39, 0.29) is 60.0 Å². The van der Waals surface area contributed by atoms with Crippen LogP contribution in [0.2, 0.25) is 0 Å². The molecular formula is C26H24F4N4O2. The average molecular weight is 500 g/mol. The summed E-state index contributed by atoms with van der Waals surface area (Å²) in [4.78, 5) is 25.5. The molecule has 5 rings (SSSR count). The van der Waals surface area contributed by atoms with Gasteiger partial charge < -0.3 is 10.1 Å². The molecule has 188 valence electrons. The molecule has 0 unspecified atom stereocenters. The van der Waals surface area contributed by atoms with Crippen molar-refractivity contribution in [3.8, 4) is 17.1 Å². The molecule has 6 nitrogen and oxygen atoms in total. The summed E-state index contributed by atoms with van der Waals surface area (Å²) < 4.78 is 62.2. The zero-order valence-electron chi connectivity index (χ0n) is 19.3. The van der Waals surface area contributed by atoms with Gasteiger partial charge in [0, 0.05) is 42.9 Å². The third-order valence-electron chi connectivity index (χ3n) is 6.56. The number of carbonyl (C=O) groups is 1. The normalized spacial score (nSPS) is 17.6. The number of ether oxygens (including phenoxy) is 1. The van der Waals surface area contributed by atoms with Crippen LogP contribution in [0.5, 0.6) is 5.88 Å². The standard InChI is InChI=1S/C26H24F4N4O2/c27-19-2-1-10-31-22(19)18-7-11-32-21(16-5-8-26(29,30)9-6-16)23(18)34-24(35)17-12-20(28)25(33-13-17)36-14-15-3-4-15/h1-2,7,10-13,15-16H,3-6,8-9,14H2,(H,34,35). The van der Waals surface area contributed by atoms with Crippen molar-refractivity contribution in [1.29, 1.82) is 0 Å². The smallest absolute Gasteiger partial charge is 0.257 e. The zero-order valence-corrected chi connectivity index (χ0v) is 19.3. The number of anilines is 1. The van der Waals surface area contributed by atoms with E-state index < -0.39 is 23.5 Å². The van der Waals surface area contributed by atoms with Gasteiger partial charge in [0.2, 0.25) is 11.8 Å². The van der Waals surface area contributed by atoms with Gasteiger partial charge in [-0.1, -0.05) is 0 Å². The number of rotatable bonds is 7. The lowest BCUT2D eigenvalue weighted by atomic mass is 9.83. The SMILES string of the molecule is O=C(Nc1c(-c2ncccc2F)ccnc1C1CCC(F)(F)CC1)c1cnc(OCC2CC2)c(F)c1. The van der Waals surface area contributed by atoms with E-state index in [1.165, 1.54) is 36.8 Å². The molecule has 0 saturated heterocycles. The van der Waals surface area contributed by atoms with Gasteiger partial charge in [0.25, 0.3) is 5.91 Å². The van der Waals surface area contributed by atoms with Crippen molar-refractivity contribution in [3.05, 3.63) is 65.7 Å². The summed E-state index contributed by atoms with van der Waals surface area (Å²) in [6.45, 7) is 0.369. The molecule has 0 bridgehead atoms. The van der Waals surface area contributed by atoms with E-state index in [0.717, 1.165) is 18.9 Å². The Morgan fingerprint density at radius 3 is 2.50 bits per heavy atom. The highest BCUT2D eigenvalue weighted by atomic mass is 19.3. The summed E-state index contributed by atoms with van der Waals surface area (Å²) in [5.41, 5.74) is 0.667. The molecule has 2 fully saturated rings. The first-order valence-electron chi connectivity index (χ1n) is 11.9. The second-order valence-corrected chi connectivity index (χ2v) is 9.30. The van der Waals surface area contributed by atoms with Gasteiger partial charge in [0.15, 0.2) is 5.82 Å². The van der Waals surface area contributed by atoms with Crippen LogP contribution in [0.25, 0.3) is 11.3 Å². The van der Waals surface area contributed by atoms with Gasteiger partial charge in [-0.15, -0.1) is 0 Å². The average Bonchev–Trinajstić information content (AvgIpc) is 3.69. The van der Waals surface area contributed by atoms with Crippen LogP contribution < -0.4 is 10.1 Å². The predicted octanol–water partition coefficient (Wildman–Crippen LogP) is 6.15. The molecule has 3 heterocycles. The van der Waals surface area contributed by atoms with Crippen LogP contribution in [0.15, 0.2) is 42.9 Å². The number of nitrogens with one attached hydrogen (secondary N) is 1. The van der Waals surface area contributed by atoms with Crippen molar-refractivity contribution in [1.82, 2.24) is 15.0 Å². The van der Waals surface area contributed by atoms with Gasteiger partial charge in [-0.3, -0.25) is 14.8 Å². The molecule has 1 amide bonds. The van der Waals surface area contributed by atoms with E-state index >= 15 is 0 Å². The van der Waals surface area contributed by atoms with E-state index in [1.807, 2.05) is 0 Å². The van der Waals surface area contributed by atoms with Gasteiger partial charge in [-0.05, 0) is 55.9 Å². The van der Waals surface area contributed by atoms with Crippen molar-refractivity contribution in [3.63, 3.8) is 0 Å². The fourth-order valence-corrected chi connectivity index (χ4v) is 4.34. The van der Waals surface area contributed by atoms with Crippen molar-refractivity contribution >= 4 is 11.6 Å². The first-order chi connectivity index (χ1) is 17.3. The Hall–Kier alpha value is -3.56. The number of hydrogen-bond acceptors (Lipinski definition) is 5. The zero-order chi connectivity index (χ0) is 25.3. The largest absolute Gasteiger partial charge is 0.475 e. The van der Waals surface area contributed by atoms with E-state index in [0.29, 0.717) is 18.2 Å². The number of hydrogen-bond donors (Lipinski definition) is 1. The van der Waals surface area contributed by atoms with Gasteiger partial charge in [0.1, 0.15) is 11.5 Å². The molecule has 1 N–H and O–H groups in total. The molecular weight excluding hydrogens is 476 g/mol. The quantitative estimate of drug-likeness (QED) is 0.394. The van der Waals surface area contributed by atoms with Crippen molar-refractivity contribution in [2.24, 2.45) is 5.92 Å². The highest BCUT2D eigenvalue weighted by molar-refractivity contribution is 6.06. The number of amides is 1. The minimum Gasteiger partial charge on any atom is -0.475 e. The lowest BCUT2D eigenvalue weighted by molar-refractivity contribution is -0.0384. The first-order valence-corrected chi connectivity index (χ1v) is 11.9. The number of pyridine rings is 3. The van der Waals surface area contributed by atoms with E-state index in [9.17, 15) is 22.4 Å². The second kappa shape index (κ2) is 9.83. The van der Waals surface area contributed by atoms with E-state index in [4.69, 9.17) is 4.74 Å². The summed E-state index contributed by atoms with van der Waals surface area (Å²) in [6, 6.07) is 5.18. The maximum Gasteiger partial charge on any atom is 0.257 e. The third-order valence-corrected chi connectivity index (χ3v) is 6.56. The number of alkyl halides is 2. The Morgan fingerprint density at radius 1 is 1.03 bits per heavy atom. The highest BCUT2D eigenvalue weighted by Crippen LogP contribution is 2.44. The fraction of sp³-hybridized carbons (Fsp3) is 0.385.